The molecule has 0 radical (unpaired) electrons. The zero-order valence-corrected chi connectivity index (χ0v) is 12.7. The van der Waals surface area contributed by atoms with Crippen molar-refractivity contribution in [2.75, 3.05) is 6.54 Å². The fraction of sp³-hybridized carbons (Fsp3) is 0.867. The molecule has 3 N–H and O–H groups in total. The Morgan fingerprint density at radius 3 is 2.55 bits per heavy atom. The second kappa shape index (κ2) is 5.26. The zero-order chi connectivity index (χ0) is 15.0. The standard InChI is InChI=1S/C15H26N2O3/c1-14(2)10-6-7-15(3,9-10)12(14)17-13(20)16-8-4-5-11(18)19/h10,12H,4-9H2,1-3H3,(H,18,19)(H2,16,17,20). The Kier molecular flexibility index (Phi) is 3.98. The third-order valence-corrected chi connectivity index (χ3v) is 5.40. The Morgan fingerprint density at radius 1 is 1.30 bits per heavy atom. The summed E-state index contributed by atoms with van der Waals surface area (Å²) in [6, 6.07) is 0.0375. The molecule has 5 heteroatoms. The van der Waals surface area contributed by atoms with Crippen LogP contribution in [-0.4, -0.2) is 29.7 Å². The molecule has 0 heterocycles. The van der Waals surface area contributed by atoms with Crippen LogP contribution in [-0.2, 0) is 4.79 Å². The van der Waals surface area contributed by atoms with E-state index in [4.69, 9.17) is 5.11 Å². The lowest BCUT2D eigenvalue weighted by Gasteiger charge is -2.43. The lowest BCUT2D eigenvalue weighted by atomic mass is 9.68. The van der Waals surface area contributed by atoms with E-state index in [0.717, 1.165) is 0 Å². The van der Waals surface area contributed by atoms with Gasteiger partial charge in [-0.25, -0.2) is 4.79 Å². The summed E-state index contributed by atoms with van der Waals surface area (Å²) in [6.45, 7) is 7.18. The summed E-state index contributed by atoms with van der Waals surface area (Å²) in [4.78, 5) is 22.4. The van der Waals surface area contributed by atoms with Gasteiger partial charge >= 0.3 is 12.0 Å². The zero-order valence-electron chi connectivity index (χ0n) is 12.7. The summed E-state index contributed by atoms with van der Waals surface area (Å²) < 4.78 is 0. The van der Waals surface area contributed by atoms with Crippen LogP contribution >= 0.6 is 0 Å². The average Bonchev–Trinajstić information content (AvgIpc) is 2.81. The summed E-state index contributed by atoms with van der Waals surface area (Å²) >= 11 is 0. The van der Waals surface area contributed by atoms with E-state index in [1.54, 1.807) is 0 Å². The molecule has 3 unspecified atom stereocenters. The van der Waals surface area contributed by atoms with Crippen LogP contribution in [0.4, 0.5) is 4.79 Å². The van der Waals surface area contributed by atoms with Crippen molar-refractivity contribution >= 4 is 12.0 Å². The van der Waals surface area contributed by atoms with Gasteiger partial charge in [-0.3, -0.25) is 4.79 Å². The predicted octanol–water partition coefficient (Wildman–Crippen LogP) is 2.37. The van der Waals surface area contributed by atoms with Gasteiger partial charge in [-0.15, -0.1) is 0 Å². The van der Waals surface area contributed by atoms with Crippen molar-refractivity contribution in [3.63, 3.8) is 0 Å². The number of fused-ring (bicyclic) bond motifs is 2. The van der Waals surface area contributed by atoms with E-state index in [2.05, 4.69) is 31.4 Å². The molecule has 114 valence electrons. The van der Waals surface area contributed by atoms with Crippen LogP contribution in [0.5, 0.6) is 0 Å². The molecule has 0 aromatic rings. The summed E-state index contributed by atoms with van der Waals surface area (Å²) in [7, 11) is 0. The quantitative estimate of drug-likeness (QED) is 0.677. The number of hydrogen-bond acceptors (Lipinski definition) is 2. The molecule has 20 heavy (non-hydrogen) atoms. The molecular formula is C15H26N2O3. The van der Waals surface area contributed by atoms with Crippen LogP contribution in [0.2, 0.25) is 0 Å². The molecule has 0 aliphatic heterocycles. The van der Waals surface area contributed by atoms with Gasteiger partial charge < -0.3 is 15.7 Å². The maximum Gasteiger partial charge on any atom is 0.315 e. The molecule has 2 aliphatic carbocycles. The SMILES string of the molecule is CC12CCC(C1)C(C)(C)C2NC(=O)NCCCC(=O)O. The number of urea groups is 1. The molecule has 0 aromatic heterocycles. The Hall–Kier alpha value is -1.26. The molecule has 2 bridgehead atoms. The van der Waals surface area contributed by atoms with Crippen LogP contribution in [0.15, 0.2) is 0 Å². The highest BCUT2D eigenvalue weighted by molar-refractivity contribution is 5.74. The topological polar surface area (TPSA) is 78.4 Å². The van der Waals surface area contributed by atoms with Crippen molar-refractivity contribution in [2.24, 2.45) is 16.7 Å². The van der Waals surface area contributed by atoms with E-state index >= 15 is 0 Å². The van der Waals surface area contributed by atoms with E-state index < -0.39 is 5.97 Å². The molecule has 2 amide bonds. The van der Waals surface area contributed by atoms with Crippen molar-refractivity contribution in [2.45, 2.75) is 58.9 Å². The minimum atomic E-state index is -0.825. The number of carboxylic acids is 1. The highest BCUT2D eigenvalue weighted by atomic mass is 16.4. The number of carbonyl (C=O) groups excluding carboxylic acids is 1. The number of rotatable bonds is 5. The number of hydrogen-bond donors (Lipinski definition) is 3. The Morgan fingerprint density at radius 2 is 2.00 bits per heavy atom. The maximum atomic E-state index is 12.0. The van der Waals surface area contributed by atoms with Gasteiger partial charge in [0, 0.05) is 19.0 Å². The molecule has 0 aromatic carbocycles. The minimum Gasteiger partial charge on any atom is -0.481 e. The number of nitrogens with one attached hydrogen (secondary N) is 2. The van der Waals surface area contributed by atoms with E-state index in [-0.39, 0.29) is 29.3 Å². The van der Waals surface area contributed by atoms with Gasteiger partial charge in [-0.1, -0.05) is 20.8 Å². The molecule has 5 nitrogen and oxygen atoms in total. The minimum absolute atomic E-state index is 0.0923. The van der Waals surface area contributed by atoms with E-state index in [1.165, 1.54) is 19.3 Å². The monoisotopic (exact) mass is 282 g/mol. The molecule has 0 spiro atoms. The van der Waals surface area contributed by atoms with Gasteiger partial charge in [0.05, 0.1) is 0 Å². The van der Waals surface area contributed by atoms with Crippen LogP contribution in [0.3, 0.4) is 0 Å². The molecule has 2 saturated carbocycles. The Labute approximate surface area is 120 Å². The van der Waals surface area contributed by atoms with Crippen molar-refractivity contribution in [3.8, 4) is 0 Å². The van der Waals surface area contributed by atoms with Crippen LogP contribution < -0.4 is 10.6 Å². The average molecular weight is 282 g/mol. The number of carboxylic acid groups (broad SMARTS) is 1. The van der Waals surface area contributed by atoms with E-state index in [1.807, 2.05) is 0 Å². The van der Waals surface area contributed by atoms with Gasteiger partial charge in [-0.05, 0) is 42.4 Å². The highest BCUT2D eigenvalue weighted by Crippen LogP contribution is 2.62. The molecule has 2 fully saturated rings. The maximum absolute atomic E-state index is 12.0. The molecule has 2 rings (SSSR count). The second-order valence-corrected chi connectivity index (χ2v) is 7.25. The summed E-state index contributed by atoms with van der Waals surface area (Å²) in [6.07, 6.45) is 4.21. The van der Waals surface area contributed by atoms with Crippen LogP contribution in [0.25, 0.3) is 0 Å². The lowest BCUT2D eigenvalue weighted by molar-refractivity contribution is -0.137. The summed E-state index contributed by atoms with van der Waals surface area (Å²) in [5.41, 5.74) is 0.359. The Bertz CT molecular complexity index is 403. The number of carbonyl (C=O) groups is 2. The fourth-order valence-corrected chi connectivity index (χ4v) is 4.29. The molecule has 0 saturated heterocycles. The summed E-state index contributed by atoms with van der Waals surface area (Å²) in [5, 5.41) is 14.5. The molecule has 2 aliphatic rings. The highest BCUT2D eigenvalue weighted by Gasteiger charge is 2.59. The smallest absolute Gasteiger partial charge is 0.315 e. The number of aliphatic carboxylic acids is 1. The van der Waals surface area contributed by atoms with Crippen LogP contribution in [0, 0.1) is 16.7 Å². The fourth-order valence-electron chi connectivity index (χ4n) is 4.29. The van der Waals surface area contributed by atoms with Gasteiger partial charge in [0.1, 0.15) is 0 Å². The normalized spacial score (nSPS) is 34.0. The second-order valence-electron chi connectivity index (χ2n) is 7.25. The lowest BCUT2D eigenvalue weighted by Crippen LogP contribution is -2.54. The largest absolute Gasteiger partial charge is 0.481 e. The van der Waals surface area contributed by atoms with Gasteiger partial charge in [0.15, 0.2) is 0 Å². The first-order valence-corrected chi connectivity index (χ1v) is 7.52. The third kappa shape index (κ3) is 2.76. The molecule has 3 atom stereocenters. The van der Waals surface area contributed by atoms with Gasteiger partial charge in [0.2, 0.25) is 0 Å². The first-order valence-electron chi connectivity index (χ1n) is 7.52. The Balaban J connectivity index is 1.83. The molecular weight excluding hydrogens is 256 g/mol. The third-order valence-electron chi connectivity index (χ3n) is 5.40. The van der Waals surface area contributed by atoms with E-state index in [0.29, 0.717) is 18.9 Å². The van der Waals surface area contributed by atoms with Crippen molar-refractivity contribution in [1.82, 2.24) is 10.6 Å². The van der Waals surface area contributed by atoms with Gasteiger partial charge in [-0.2, -0.15) is 0 Å². The van der Waals surface area contributed by atoms with Crippen molar-refractivity contribution in [3.05, 3.63) is 0 Å². The number of amides is 2. The van der Waals surface area contributed by atoms with Gasteiger partial charge in [0.25, 0.3) is 0 Å². The summed E-state index contributed by atoms with van der Waals surface area (Å²) in [5.74, 6) is -0.126. The van der Waals surface area contributed by atoms with Crippen molar-refractivity contribution < 1.29 is 14.7 Å². The predicted molar refractivity (Wildman–Crippen MR) is 76.4 cm³/mol. The first kappa shape index (κ1) is 15.1. The van der Waals surface area contributed by atoms with E-state index in [9.17, 15) is 9.59 Å². The van der Waals surface area contributed by atoms with Crippen LogP contribution in [0.1, 0.15) is 52.9 Å². The van der Waals surface area contributed by atoms with Crippen molar-refractivity contribution in [1.29, 1.82) is 0 Å². The first-order chi connectivity index (χ1) is 9.25.